The fourth-order valence-electron chi connectivity index (χ4n) is 3.76. The van der Waals surface area contributed by atoms with Crippen LogP contribution in [0.25, 0.3) is 0 Å². The number of rotatable bonds is 9. The van der Waals surface area contributed by atoms with E-state index < -0.39 is 39.6 Å². The SMILES string of the molecule is CS(=O)(=O)N1CCN([C@@H](CNC(=O)c2ccc(OCc3ccc(C(F)(F)F)cc3)cc2)C(=O)NO)CC1. The summed E-state index contributed by atoms with van der Waals surface area (Å²) in [5.41, 5.74) is 1.64. The number of amides is 2. The minimum Gasteiger partial charge on any atom is -0.489 e. The lowest BCUT2D eigenvalue weighted by Crippen LogP contribution is -2.58. The van der Waals surface area contributed by atoms with Crippen LogP contribution >= 0.6 is 0 Å². The zero-order chi connectivity index (χ0) is 27.2. The maximum atomic E-state index is 12.7. The number of hydrogen-bond donors (Lipinski definition) is 3. The third kappa shape index (κ3) is 7.89. The maximum absolute atomic E-state index is 12.7. The van der Waals surface area contributed by atoms with Gasteiger partial charge in [-0.3, -0.25) is 19.7 Å². The van der Waals surface area contributed by atoms with Gasteiger partial charge in [0.25, 0.3) is 11.8 Å². The average molecular weight is 545 g/mol. The van der Waals surface area contributed by atoms with Gasteiger partial charge in [-0.1, -0.05) is 12.1 Å². The molecule has 3 N–H and O–H groups in total. The molecule has 1 saturated heterocycles. The molecule has 1 heterocycles. The van der Waals surface area contributed by atoms with Crippen molar-refractivity contribution in [2.24, 2.45) is 0 Å². The Morgan fingerprint density at radius 1 is 1.03 bits per heavy atom. The Hall–Kier alpha value is -3.20. The highest BCUT2D eigenvalue weighted by Gasteiger charge is 2.32. The van der Waals surface area contributed by atoms with Gasteiger partial charge in [0.2, 0.25) is 10.0 Å². The van der Waals surface area contributed by atoms with Gasteiger partial charge >= 0.3 is 6.18 Å². The molecule has 0 unspecified atom stereocenters. The average Bonchev–Trinajstić information content (AvgIpc) is 2.87. The van der Waals surface area contributed by atoms with Gasteiger partial charge in [-0.2, -0.15) is 17.5 Å². The van der Waals surface area contributed by atoms with E-state index in [0.29, 0.717) is 11.3 Å². The number of ether oxygens (including phenoxy) is 1. The second kappa shape index (κ2) is 11.9. The number of halogens is 3. The molecule has 3 rings (SSSR count). The summed E-state index contributed by atoms with van der Waals surface area (Å²) in [5.74, 6) is -0.822. The van der Waals surface area contributed by atoms with Gasteiger partial charge < -0.3 is 10.1 Å². The molecule has 202 valence electrons. The molecule has 0 bridgehead atoms. The second-order valence-corrected chi connectivity index (χ2v) is 10.4. The van der Waals surface area contributed by atoms with Crippen LogP contribution in [0.2, 0.25) is 0 Å². The monoisotopic (exact) mass is 544 g/mol. The van der Waals surface area contributed by atoms with E-state index in [4.69, 9.17) is 9.94 Å². The molecule has 0 spiro atoms. The number of hydroxylamine groups is 1. The van der Waals surface area contributed by atoms with E-state index in [1.807, 2.05) is 0 Å². The van der Waals surface area contributed by atoms with Gasteiger partial charge in [0.15, 0.2) is 0 Å². The molecule has 10 nitrogen and oxygen atoms in total. The van der Waals surface area contributed by atoms with Crippen LogP contribution in [0.3, 0.4) is 0 Å². The summed E-state index contributed by atoms with van der Waals surface area (Å²) in [6, 6.07) is 9.72. The number of nitrogens with one attached hydrogen (secondary N) is 2. The van der Waals surface area contributed by atoms with Crippen LogP contribution in [0, 0.1) is 0 Å². The molecule has 1 fully saturated rings. The number of piperazine rings is 1. The van der Waals surface area contributed by atoms with Crippen LogP contribution in [-0.4, -0.2) is 79.7 Å². The molecule has 2 aromatic rings. The van der Waals surface area contributed by atoms with Gasteiger partial charge in [-0.25, -0.2) is 13.9 Å². The van der Waals surface area contributed by atoms with Crippen LogP contribution in [0.15, 0.2) is 48.5 Å². The molecule has 0 radical (unpaired) electrons. The highest BCUT2D eigenvalue weighted by Crippen LogP contribution is 2.29. The summed E-state index contributed by atoms with van der Waals surface area (Å²) in [5, 5.41) is 11.7. The molecule has 1 aliphatic heterocycles. The van der Waals surface area contributed by atoms with Crippen LogP contribution in [0.1, 0.15) is 21.5 Å². The van der Waals surface area contributed by atoms with Gasteiger partial charge in [-0.05, 0) is 42.0 Å². The maximum Gasteiger partial charge on any atom is 0.416 e. The van der Waals surface area contributed by atoms with Gasteiger partial charge in [0.1, 0.15) is 18.4 Å². The molecular formula is C23H27F3N4O6S. The minimum absolute atomic E-state index is 0.0359. The first-order valence-electron chi connectivity index (χ1n) is 11.2. The molecule has 14 heteroatoms. The Balaban J connectivity index is 1.53. The second-order valence-electron chi connectivity index (χ2n) is 8.41. The predicted molar refractivity (Wildman–Crippen MR) is 126 cm³/mol. The molecular weight excluding hydrogens is 517 g/mol. The van der Waals surface area contributed by atoms with Crippen LogP contribution in [0.5, 0.6) is 5.75 Å². The zero-order valence-corrected chi connectivity index (χ0v) is 20.7. The van der Waals surface area contributed by atoms with Crippen molar-refractivity contribution in [2.45, 2.75) is 18.8 Å². The summed E-state index contributed by atoms with van der Waals surface area (Å²) < 4.78 is 68.2. The van der Waals surface area contributed by atoms with Crippen molar-refractivity contribution in [2.75, 3.05) is 39.0 Å². The van der Waals surface area contributed by atoms with Crippen molar-refractivity contribution in [3.8, 4) is 5.75 Å². The highest BCUT2D eigenvalue weighted by atomic mass is 32.2. The zero-order valence-electron chi connectivity index (χ0n) is 19.9. The third-order valence-corrected chi connectivity index (χ3v) is 7.16. The summed E-state index contributed by atoms with van der Waals surface area (Å²) in [6.45, 7) is 0.744. The Kier molecular flexibility index (Phi) is 9.12. The predicted octanol–water partition coefficient (Wildman–Crippen LogP) is 1.47. The molecule has 37 heavy (non-hydrogen) atoms. The lowest BCUT2D eigenvalue weighted by Gasteiger charge is -2.37. The van der Waals surface area contributed by atoms with Crippen molar-refractivity contribution in [1.29, 1.82) is 0 Å². The first-order chi connectivity index (χ1) is 17.4. The molecule has 0 saturated carbocycles. The summed E-state index contributed by atoms with van der Waals surface area (Å²) in [7, 11) is -3.36. The highest BCUT2D eigenvalue weighted by molar-refractivity contribution is 7.88. The molecule has 2 amide bonds. The van der Waals surface area contributed by atoms with Crippen LogP contribution in [0.4, 0.5) is 13.2 Å². The van der Waals surface area contributed by atoms with E-state index in [1.54, 1.807) is 10.4 Å². The van der Waals surface area contributed by atoms with Crippen LogP contribution < -0.4 is 15.5 Å². The van der Waals surface area contributed by atoms with Crippen molar-refractivity contribution < 1.29 is 41.1 Å². The van der Waals surface area contributed by atoms with Crippen LogP contribution in [-0.2, 0) is 27.6 Å². The van der Waals surface area contributed by atoms with E-state index in [9.17, 15) is 31.2 Å². The van der Waals surface area contributed by atoms with Gasteiger partial charge in [-0.15, -0.1) is 0 Å². The minimum atomic E-state index is -4.41. The Morgan fingerprint density at radius 3 is 2.14 bits per heavy atom. The van der Waals surface area contributed by atoms with Gasteiger partial charge in [0.05, 0.1) is 11.8 Å². The summed E-state index contributed by atoms with van der Waals surface area (Å²) in [4.78, 5) is 26.4. The normalized spacial score (nSPS) is 16.1. The lowest BCUT2D eigenvalue weighted by molar-refractivity contribution is -0.137. The molecule has 2 aromatic carbocycles. The summed E-state index contributed by atoms with van der Waals surface area (Å²) in [6.07, 6.45) is -3.31. The van der Waals surface area contributed by atoms with Crippen molar-refractivity contribution in [3.05, 3.63) is 65.2 Å². The number of carbonyl (C=O) groups is 2. The Labute approximate surface area is 212 Å². The number of hydrogen-bond acceptors (Lipinski definition) is 7. The molecule has 0 aliphatic carbocycles. The lowest BCUT2D eigenvalue weighted by atomic mass is 10.1. The number of nitrogens with zero attached hydrogens (tertiary/aromatic N) is 2. The van der Waals surface area contributed by atoms with Gasteiger partial charge in [0, 0.05) is 38.3 Å². The molecule has 1 aliphatic rings. The summed E-state index contributed by atoms with van der Waals surface area (Å²) >= 11 is 0. The fourth-order valence-corrected chi connectivity index (χ4v) is 4.59. The first kappa shape index (κ1) is 28.4. The standard InChI is InChI=1S/C23H27F3N4O6S/c1-37(34,35)30-12-10-29(11-13-30)20(22(32)28-33)14-27-21(31)17-4-8-19(9-5-17)36-15-16-2-6-18(7-3-16)23(24,25)26/h2-9,20,33H,10-15H2,1H3,(H,27,31)(H,28,32)/t20-/m0/s1. The van der Waals surface area contributed by atoms with E-state index in [0.717, 1.165) is 18.4 Å². The van der Waals surface area contributed by atoms with E-state index >= 15 is 0 Å². The number of sulfonamides is 1. The molecule has 0 aromatic heterocycles. The van der Waals surface area contributed by atoms with E-state index in [-0.39, 0.29) is 44.9 Å². The quantitative estimate of drug-likeness (QED) is 0.322. The van der Waals surface area contributed by atoms with Crippen molar-refractivity contribution in [1.82, 2.24) is 20.0 Å². The number of benzene rings is 2. The largest absolute Gasteiger partial charge is 0.489 e. The van der Waals surface area contributed by atoms with Crippen molar-refractivity contribution in [3.63, 3.8) is 0 Å². The number of alkyl halides is 3. The molecule has 1 atom stereocenters. The number of carbonyl (C=O) groups excluding carboxylic acids is 2. The first-order valence-corrected chi connectivity index (χ1v) is 13.0. The van der Waals surface area contributed by atoms with E-state index in [2.05, 4.69) is 5.32 Å². The fraction of sp³-hybridized carbons (Fsp3) is 0.391. The Bertz CT molecular complexity index is 1180. The topological polar surface area (TPSA) is 128 Å². The smallest absolute Gasteiger partial charge is 0.416 e. The van der Waals surface area contributed by atoms with Crippen molar-refractivity contribution >= 4 is 21.8 Å². The third-order valence-electron chi connectivity index (χ3n) is 5.86. The van der Waals surface area contributed by atoms with E-state index in [1.165, 1.54) is 40.7 Å². The Morgan fingerprint density at radius 2 is 1.62 bits per heavy atom.